The Bertz CT molecular complexity index is 486. The summed E-state index contributed by atoms with van der Waals surface area (Å²) >= 11 is 12.2. The summed E-state index contributed by atoms with van der Waals surface area (Å²) in [5.41, 5.74) is 3.56. The van der Waals surface area contributed by atoms with Crippen molar-refractivity contribution in [2.75, 3.05) is 0 Å². The van der Waals surface area contributed by atoms with Crippen LogP contribution in [0.2, 0.25) is 5.02 Å². The Morgan fingerprint density at radius 1 is 0.889 bits per heavy atom. The molecule has 94 valence electrons. The molecular weight excluding hydrogens is 263 g/mol. The molecule has 18 heavy (non-hydrogen) atoms. The van der Waals surface area contributed by atoms with Crippen LogP contribution >= 0.6 is 23.2 Å². The van der Waals surface area contributed by atoms with Crippen molar-refractivity contribution in [1.29, 1.82) is 0 Å². The molecule has 0 saturated heterocycles. The van der Waals surface area contributed by atoms with Crippen molar-refractivity contribution in [1.82, 2.24) is 0 Å². The highest BCUT2D eigenvalue weighted by Gasteiger charge is 2.06. The molecule has 2 aromatic carbocycles. The smallest absolute Gasteiger partial charge is 0.0585 e. The molecule has 1 unspecified atom stereocenters. The maximum Gasteiger partial charge on any atom is 0.0585 e. The molecule has 0 aromatic heterocycles. The summed E-state index contributed by atoms with van der Waals surface area (Å²) < 4.78 is 0. The van der Waals surface area contributed by atoms with Gasteiger partial charge in [0.2, 0.25) is 0 Å². The summed E-state index contributed by atoms with van der Waals surface area (Å²) in [6, 6.07) is 16.3. The molecule has 0 bridgehead atoms. The van der Waals surface area contributed by atoms with Gasteiger partial charge in [-0.1, -0.05) is 61.3 Å². The number of rotatable bonds is 4. The van der Waals surface area contributed by atoms with E-state index in [9.17, 15) is 0 Å². The minimum absolute atomic E-state index is 0.120. The van der Waals surface area contributed by atoms with Gasteiger partial charge in [0.25, 0.3) is 0 Å². The predicted octanol–water partition coefficient (Wildman–Crippen LogP) is 6.09. The SMILES string of the molecule is CCCC(Cl)c1ccc(-c2ccc(Cl)cc2)cc1. The van der Waals surface area contributed by atoms with Crippen LogP contribution < -0.4 is 0 Å². The zero-order chi connectivity index (χ0) is 13.0. The van der Waals surface area contributed by atoms with Crippen LogP contribution in [0.15, 0.2) is 48.5 Å². The fourth-order valence-corrected chi connectivity index (χ4v) is 2.44. The van der Waals surface area contributed by atoms with E-state index in [1.165, 1.54) is 16.7 Å². The Morgan fingerprint density at radius 2 is 1.39 bits per heavy atom. The fourth-order valence-electron chi connectivity index (χ4n) is 1.95. The van der Waals surface area contributed by atoms with Gasteiger partial charge in [0.15, 0.2) is 0 Å². The second kappa shape index (κ2) is 6.26. The minimum atomic E-state index is 0.120. The lowest BCUT2D eigenvalue weighted by molar-refractivity contribution is 0.770. The Morgan fingerprint density at radius 3 is 1.89 bits per heavy atom. The normalized spacial score (nSPS) is 12.4. The first-order chi connectivity index (χ1) is 8.70. The minimum Gasteiger partial charge on any atom is -0.118 e. The van der Waals surface area contributed by atoms with Crippen LogP contribution in [-0.4, -0.2) is 0 Å². The molecule has 2 rings (SSSR count). The predicted molar refractivity (Wildman–Crippen MR) is 80.4 cm³/mol. The highest BCUT2D eigenvalue weighted by Crippen LogP contribution is 2.28. The monoisotopic (exact) mass is 278 g/mol. The molecule has 0 radical (unpaired) electrons. The van der Waals surface area contributed by atoms with Gasteiger partial charge in [-0.3, -0.25) is 0 Å². The van der Waals surface area contributed by atoms with E-state index in [0.717, 1.165) is 17.9 Å². The first-order valence-corrected chi connectivity index (χ1v) is 7.02. The van der Waals surface area contributed by atoms with Gasteiger partial charge >= 0.3 is 0 Å². The third kappa shape index (κ3) is 3.28. The summed E-state index contributed by atoms with van der Waals surface area (Å²) in [7, 11) is 0. The average molecular weight is 279 g/mol. The molecule has 2 heteroatoms. The summed E-state index contributed by atoms with van der Waals surface area (Å²) in [6.07, 6.45) is 2.12. The molecule has 0 saturated carbocycles. The van der Waals surface area contributed by atoms with Gasteiger partial charge in [0.05, 0.1) is 5.38 Å². The van der Waals surface area contributed by atoms with E-state index < -0.39 is 0 Å². The molecule has 0 aliphatic heterocycles. The lowest BCUT2D eigenvalue weighted by Crippen LogP contribution is -1.89. The van der Waals surface area contributed by atoms with Crippen molar-refractivity contribution in [3.05, 3.63) is 59.1 Å². The molecule has 0 nitrogen and oxygen atoms in total. The summed E-state index contributed by atoms with van der Waals surface area (Å²) in [5, 5.41) is 0.883. The van der Waals surface area contributed by atoms with E-state index in [-0.39, 0.29) is 5.38 Å². The van der Waals surface area contributed by atoms with Gasteiger partial charge in [-0.25, -0.2) is 0 Å². The summed E-state index contributed by atoms with van der Waals surface area (Å²) in [4.78, 5) is 0. The summed E-state index contributed by atoms with van der Waals surface area (Å²) in [5.74, 6) is 0. The number of halogens is 2. The second-order valence-electron chi connectivity index (χ2n) is 4.39. The van der Waals surface area contributed by atoms with Crippen LogP contribution in [0.3, 0.4) is 0 Å². The van der Waals surface area contributed by atoms with Crippen molar-refractivity contribution in [2.45, 2.75) is 25.1 Å². The third-order valence-electron chi connectivity index (χ3n) is 2.99. The zero-order valence-corrected chi connectivity index (χ0v) is 11.9. The Hall–Kier alpha value is -0.980. The molecule has 1 atom stereocenters. The Kier molecular flexibility index (Phi) is 4.68. The zero-order valence-electron chi connectivity index (χ0n) is 10.4. The van der Waals surface area contributed by atoms with Gasteiger partial charge < -0.3 is 0 Å². The van der Waals surface area contributed by atoms with Gasteiger partial charge in [-0.15, -0.1) is 11.6 Å². The van der Waals surface area contributed by atoms with Crippen molar-refractivity contribution < 1.29 is 0 Å². The first kappa shape index (κ1) is 13.5. The molecule has 2 aromatic rings. The van der Waals surface area contributed by atoms with E-state index in [1.54, 1.807) is 0 Å². The molecule has 0 spiro atoms. The van der Waals surface area contributed by atoms with Crippen LogP contribution in [0.4, 0.5) is 0 Å². The van der Waals surface area contributed by atoms with Crippen LogP contribution in [0.1, 0.15) is 30.7 Å². The highest BCUT2D eigenvalue weighted by atomic mass is 35.5. The quantitative estimate of drug-likeness (QED) is 0.594. The topological polar surface area (TPSA) is 0 Å². The molecule has 0 amide bonds. The van der Waals surface area contributed by atoms with Gasteiger partial charge in [0.1, 0.15) is 0 Å². The van der Waals surface area contributed by atoms with E-state index in [1.807, 2.05) is 24.3 Å². The van der Waals surface area contributed by atoms with E-state index in [4.69, 9.17) is 23.2 Å². The number of hydrogen-bond acceptors (Lipinski definition) is 0. The van der Waals surface area contributed by atoms with Gasteiger partial charge in [-0.05, 0) is 35.2 Å². The molecule has 0 fully saturated rings. The maximum atomic E-state index is 6.31. The van der Waals surface area contributed by atoms with Crippen molar-refractivity contribution in [2.24, 2.45) is 0 Å². The first-order valence-electron chi connectivity index (χ1n) is 6.20. The van der Waals surface area contributed by atoms with Crippen molar-refractivity contribution in [3.63, 3.8) is 0 Å². The van der Waals surface area contributed by atoms with Crippen LogP contribution in [-0.2, 0) is 0 Å². The molecule has 0 aliphatic carbocycles. The average Bonchev–Trinajstić information content (AvgIpc) is 2.40. The Labute approximate surface area is 119 Å². The summed E-state index contributed by atoms with van der Waals surface area (Å²) in [6.45, 7) is 2.15. The largest absolute Gasteiger partial charge is 0.118 e. The molecular formula is C16H16Cl2. The van der Waals surface area contributed by atoms with Gasteiger partial charge in [0, 0.05) is 5.02 Å². The maximum absolute atomic E-state index is 6.31. The fraction of sp³-hybridized carbons (Fsp3) is 0.250. The van der Waals surface area contributed by atoms with Crippen molar-refractivity contribution in [3.8, 4) is 11.1 Å². The van der Waals surface area contributed by atoms with Gasteiger partial charge in [-0.2, -0.15) is 0 Å². The van der Waals surface area contributed by atoms with Crippen molar-refractivity contribution >= 4 is 23.2 Å². The van der Waals surface area contributed by atoms with E-state index in [2.05, 4.69) is 31.2 Å². The molecule has 0 aliphatic rings. The number of hydrogen-bond donors (Lipinski definition) is 0. The van der Waals surface area contributed by atoms with Crippen LogP contribution in [0.5, 0.6) is 0 Å². The molecule has 0 heterocycles. The number of alkyl halides is 1. The Balaban J connectivity index is 2.19. The lowest BCUT2D eigenvalue weighted by atomic mass is 10.0. The van der Waals surface area contributed by atoms with Crippen LogP contribution in [0.25, 0.3) is 11.1 Å². The van der Waals surface area contributed by atoms with Crippen LogP contribution in [0, 0.1) is 0 Å². The van der Waals surface area contributed by atoms with E-state index >= 15 is 0 Å². The second-order valence-corrected chi connectivity index (χ2v) is 5.35. The lowest BCUT2D eigenvalue weighted by Gasteiger charge is -2.09. The third-order valence-corrected chi connectivity index (χ3v) is 3.71. The molecule has 0 N–H and O–H groups in total. The highest BCUT2D eigenvalue weighted by molar-refractivity contribution is 6.30. The number of benzene rings is 2. The standard InChI is InChI=1S/C16H16Cl2/c1-2-3-16(18)14-6-4-12(5-7-14)13-8-10-15(17)11-9-13/h4-11,16H,2-3H2,1H3. The van der Waals surface area contributed by atoms with E-state index in [0.29, 0.717) is 0 Å².